The number of rotatable bonds is 2. The molecule has 1 heterocycles. The fourth-order valence-corrected chi connectivity index (χ4v) is 2.39. The van der Waals surface area contributed by atoms with Crippen LogP contribution in [0, 0.1) is 5.82 Å². The molecule has 0 amide bonds. The molecule has 29 heavy (non-hydrogen) atoms. The van der Waals surface area contributed by atoms with Crippen LogP contribution in [0.5, 0.6) is 0 Å². The fraction of sp³-hybridized carbons (Fsp3) is 0.316. The molecule has 0 atom stereocenters. The quantitative estimate of drug-likeness (QED) is 0.701. The van der Waals surface area contributed by atoms with Gasteiger partial charge in [-0.05, 0) is 41.5 Å². The molecule has 10 heteroatoms. The van der Waals surface area contributed by atoms with Gasteiger partial charge in [0.25, 0.3) is 0 Å². The summed E-state index contributed by atoms with van der Waals surface area (Å²) >= 11 is 0. The van der Waals surface area contributed by atoms with Gasteiger partial charge in [-0.1, -0.05) is 12.1 Å². The van der Waals surface area contributed by atoms with E-state index in [9.17, 15) is 30.7 Å². The maximum absolute atomic E-state index is 12.6. The van der Waals surface area contributed by atoms with Crippen molar-refractivity contribution in [1.82, 2.24) is 0 Å². The average molecular weight is 423 g/mol. The lowest BCUT2D eigenvalue weighted by molar-refractivity contribution is -0.143. The molecule has 0 bridgehead atoms. The normalized spacial score (nSPS) is 14.7. The van der Waals surface area contributed by atoms with Gasteiger partial charge in [0.15, 0.2) is 0 Å². The molecule has 0 unspecified atom stereocenters. The van der Waals surface area contributed by atoms with Crippen molar-refractivity contribution in [2.24, 2.45) is 4.99 Å². The first-order valence-electron chi connectivity index (χ1n) is 8.27. The molecule has 2 aromatic rings. The number of ether oxygens (including phenoxy) is 1. The third-order valence-corrected chi connectivity index (χ3v) is 3.78. The highest BCUT2D eigenvalue weighted by Crippen LogP contribution is 2.36. The van der Waals surface area contributed by atoms with E-state index in [1.165, 1.54) is 12.1 Å². The first-order chi connectivity index (χ1) is 13.5. The van der Waals surface area contributed by atoms with Crippen molar-refractivity contribution in [3.63, 3.8) is 0 Å². The van der Waals surface area contributed by atoms with E-state index in [1.54, 1.807) is 12.1 Å². The van der Waals surface area contributed by atoms with Crippen LogP contribution >= 0.6 is 0 Å². The number of halogens is 7. The van der Waals surface area contributed by atoms with E-state index in [2.05, 4.69) is 4.99 Å². The van der Waals surface area contributed by atoms with Crippen LogP contribution in [0.4, 0.5) is 30.7 Å². The van der Waals surface area contributed by atoms with Gasteiger partial charge in [-0.15, -0.1) is 0 Å². The van der Waals surface area contributed by atoms with Crippen molar-refractivity contribution in [3.05, 3.63) is 70.5 Å². The Hall–Kier alpha value is -2.46. The average Bonchev–Trinajstić information content (AvgIpc) is 2.68. The zero-order chi connectivity index (χ0) is 21.7. The van der Waals surface area contributed by atoms with Crippen LogP contribution in [0.25, 0.3) is 0 Å². The molecule has 0 aliphatic carbocycles. The van der Waals surface area contributed by atoms with Crippen LogP contribution in [0.15, 0.2) is 47.5 Å². The van der Waals surface area contributed by atoms with E-state index in [4.69, 9.17) is 9.84 Å². The summed E-state index contributed by atoms with van der Waals surface area (Å²) in [5.74, 6) is -0.221. The molecule has 1 aliphatic rings. The smallest absolute Gasteiger partial charge is 0.392 e. The summed E-state index contributed by atoms with van der Waals surface area (Å²) in [6, 6.07) is 7.30. The van der Waals surface area contributed by atoms with Gasteiger partial charge >= 0.3 is 12.4 Å². The number of aliphatic imine (C=N–C) groups is 1. The molecule has 0 fully saturated rings. The van der Waals surface area contributed by atoms with E-state index < -0.39 is 35.6 Å². The minimum absolute atomic E-state index is 0.0131. The summed E-state index contributed by atoms with van der Waals surface area (Å²) in [4.78, 5) is 4.30. The van der Waals surface area contributed by atoms with Gasteiger partial charge < -0.3 is 9.84 Å². The second-order valence-electron chi connectivity index (χ2n) is 5.96. The lowest BCUT2D eigenvalue weighted by atomic mass is 10.1. The summed E-state index contributed by atoms with van der Waals surface area (Å²) in [7, 11) is 0. The van der Waals surface area contributed by atoms with E-state index in [0.717, 1.165) is 11.3 Å². The summed E-state index contributed by atoms with van der Waals surface area (Å²) in [5.41, 5.74) is -1.42. The number of hydrogen-bond acceptors (Lipinski definition) is 3. The Kier molecular flexibility index (Phi) is 7.37. The minimum Gasteiger partial charge on any atom is -0.392 e. The number of benzene rings is 2. The number of aliphatic hydroxyl groups excluding tert-OH is 1. The van der Waals surface area contributed by atoms with Crippen LogP contribution in [0.2, 0.25) is 0 Å². The Balaban J connectivity index is 0.000000211. The summed E-state index contributed by atoms with van der Waals surface area (Å²) in [5, 5.41) is 8.58. The molecule has 158 valence electrons. The molecule has 1 aliphatic heterocycles. The molecule has 0 saturated heterocycles. The van der Waals surface area contributed by atoms with Crippen LogP contribution in [-0.4, -0.2) is 30.6 Å². The molecule has 0 spiro atoms. The van der Waals surface area contributed by atoms with Crippen LogP contribution < -0.4 is 0 Å². The lowest BCUT2D eigenvalue weighted by Gasteiger charge is -2.13. The first-order valence-corrected chi connectivity index (χ1v) is 8.27. The Morgan fingerprint density at radius 1 is 0.897 bits per heavy atom. The topological polar surface area (TPSA) is 41.8 Å². The maximum atomic E-state index is 12.6. The summed E-state index contributed by atoms with van der Waals surface area (Å²) in [6.07, 6.45) is -9.74. The Bertz CT molecular complexity index is 811. The molecule has 0 radical (unpaired) electrons. The van der Waals surface area contributed by atoms with Crippen molar-refractivity contribution in [2.45, 2.75) is 19.0 Å². The van der Waals surface area contributed by atoms with Gasteiger partial charge in [-0.25, -0.2) is 4.39 Å². The molecule has 1 N–H and O–H groups in total. The Labute approximate surface area is 161 Å². The van der Waals surface area contributed by atoms with E-state index in [-0.39, 0.29) is 11.9 Å². The maximum Gasteiger partial charge on any atom is 0.416 e. The molecule has 2 aromatic carbocycles. The van der Waals surface area contributed by atoms with Gasteiger partial charge in [0.1, 0.15) is 5.82 Å². The predicted octanol–water partition coefficient (Wildman–Crippen LogP) is 4.86. The molecule has 0 saturated carbocycles. The SMILES string of the molecule is Fc1ccc(C2=NCCOC2)cc1.OCc1cc(C(F)(F)F)cc(C(F)(F)F)c1. The second kappa shape index (κ2) is 9.36. The van der Waals surface area contributed by atoms with E-state index in [0.29, 0.717) is 31.9 Å². The van der Waals surface area contributed by atoms with E-state index >= 15 is 0 Å². The third kappa shape index (κ3) is 6.82. The monoisotopic (exact) mass is 423 g/mol. The number of aliphatic hydroxyl groups is 1. The van der Waals surface area contributed by atoms with Crippen molar-refractivity contribution in [1.29, 1.82) is 0 Å². The van der Waals surface area contributed by atoms with Gasteiger partial charge in [-0.3, -0.25) is 4.99 Å². The zero-order valence-electron chi connectivity index (χ0n) is 14.8. The van der Waals surface area contributed by atoms with Crippen LogP contribution in [0.3, 0.4) is 0 Å². The zero-order valence-corrected chi connectivity index (χ0v) is 14.8. The van der Waals surface area contributed by atoms with Gasteiger partial charge in [0, 0.05) is 0 Å². The standard InChI is InChI=1S/C10H10FNO.C9H6F6O/c11-9-3-1-8(2-4-9)10-7-13-6-5-12-10;10-8(11,12)6-1-5(4-16)2-7(3-6)9(13,14)15/h1-4H,5-7H2;1-3,16H,4H2. The molecule has 3 rings (SSSR count). The number of nitrogens with zero attached hydrogens (tertiary/aromatic N) is 1. The molecular formula is C19H16F7NO2. The minimum atomic E-state index is -4.87. The molecular weight excluding hydrogens is 407 g/mol. The van der Waals surface area contributed by atoms with Gasteiger partial charge in [0.2, 0.25) is 0 Å². The van der Waals surface area contributed by atoms with Gasteiger partial charge in [0.05, 0.1) is 43.2 Å². The highest BCUT2D eigenvalue weighted by Gasteiger charge is 2.36. The highest BCUT2D eigenvalue weighted by atomic mass is 19.4. The molecule has 0 aromatic heterocycles. The largest absolute Gasteiger partial charge is 0.416 e. The van der Waals surface area contributed by atoms with E-state index in [1.807, 2.05) is 0 Å². The predicted molar refractivity (Wildman–Crippen MR) is 91.0 cm³/mol. The summed E-state index contributed by atoms with van der Waals surface area (Å²) < 4.78 is 91.2. The summed E-state index contributed by atoms with van der Waals surface area (Å²) in [6.45, 7) is 1.04. The van der Waals surface area contributed by atoms with Crippen molar-refractivity contribution in [3.8, 4) is 0 Å². The van der Waals surface area contributed by atoms with Crippen LogP contribution in [0.1, 0.15) is 22.3 Å². The van der Waals surface area contributed by atoms with Crippen molar-refractivity contribution in [2.75, 3.05) is 19.8 Å². The fourth-order valence-electron chi connectivity index (χ4n) is 2.39. The highest BCUT2D eigenvalue weighted by molar-refractivity contribution is 6.01. The number of hydrogen-bond donors (Lipinski definition) is 1. The van der Waals surface area contributed by atoms with Crippen molar-refractivity contribution >= 4 is 5.71 Å². The second-order valence-corrected chi connectivity index (χ2v) is 5.96. The van der Waals surface area contributed by atoms with Gasteiger partial charge in [-0.2, -0.15) is 26.3 Å². The van der Waals surface area contributed by atoms with Crippen molar-refractivity contribution < 1.29 is 40.6 Å². The first kappa shape index (κ1) is 22.8. The number of alkyl halides is 6. The lowest BCUT2D eigenvalue weighted by Crippen LogP contribution is -2.18. The van der Waals surface area contributed by atoms with Crippen LogP contribution in [-0.2, 0) is 23.7 Å². The third-order valence-electron chi connectivity index (χ3n) is 3.78. The Morgan fingerprint density at radius 3 is 1.86 bits per heavy atom. The molecule has 3 nitrogen and oxygen atoms in total. The Morgan fingerprint density at radius 2 is 1.45 bits per heavy atom.